The summed E-state index contributed by atoms with van der Waals surface area (Å²) in [6, 6.07) is 15.3. The van der Waals surface area contributed by atoms with Gasteiger partial charge in [0.15, 0.2) is 0 Å². The molecule has 4 rings (SSSR count). The Kier molecular flexibility index (Phi) is 5.38. The Morgan fingerprint density at radius 3 is 2.37 bits per heavy atom. The predicted molar refractivity (Wildman–Crippen MR) is 114 cm³/mol. The molecular formula is C24H23FO4S. The summed E-state index contributed by atoms with van der Waals surface area (Å²) < 4.78 is 50.6. The Morgan fingerprint density at radius 1 is 1.03 bits per heavy atom. The lowest BCUT2D eigenvalue weighted by atomic mass is 9.93. The molecule has 1 atom stereocenters. The van der Waals surface area contributed by atoms with Gasteiger partial charge in [0.1, 0.15) is 24.3 Å². The van der Waals surface area contributed by atoms with E-state index >= 15 is 0 Å². The molecule has 1 heterocycles. The standard InChI is InChI=1S/C24H23FO4S/c1-15-7-9-21(10-8-15)30(26,27)28-14-20-12-18-11-19(25)13-22(24(18)29-20)23-16(2)5-4-6-17(23)3/h4-11,13,20H,12,14H2,1-3H3. The highest BCUT2D eigenvalue weighted by atomic mass is 32.2. The van der Waals surface area contributed by atoms with Gasteiger partial charge in [0.05, 0.1) is 4.90 Å². The molecule has 4 nitrogen and oxygen atoms in total. The van der Waals surface area contributed by atoms with Crippen molar-refractivity contribution < 1.29 is 21.7 Å². The van der Waals surface area contributed by atoms with Gasteiger partial charge >= 0.3 is 0 Å². The summed E-state index contributed by atoms with van der Waals surface area (Å²) in [6.07, 6.45) is -0.126. The molecule has 0 saturated carbocycles. The number of benzene rings is 3. The highest BCUT2D eigenvalue weighted by Crippen LogP contribution is 2.42. The molecule has 0 aromatic heterocycles. The van der Waals surface area contributed by atoms with E-state index in [2.05, 4.69) is 0 Å². The lowest BCUT2D eigenvalue weighted by Crippen LogP contribution is -2.23. The van der Waals surface area contributed by atoms with Crippen molar-refractivity contribution in [3.8, 4) is 16.9 Å². The molecule has 0 fully saturated rings. The highest BCUT2D eigenvalue weighted by Gasteiger charge is 2.30. The lowest BCUT2D eigenvalue weighted by Gasteiger charge is -2.16. The van der Waals surface area contributed by atoms with E-state index in [9.17, 15) is 12.8 Å². The van der Waals surface area contributed by atoms with Gasteiger partial charge in [-0.25, -0.2) is 4.39 Å². The summed E-state index contributed by atoms with van der Waals surface area (Å²) in [5.41, 5.74) is 5.34. The van der Waals surface area contributed by atoms with Crippen molar-refractivity contribution in [3.63, 3.8) is 0 Å². The normalized spacial score (nSPS) is 15.7. The van der Waals surface area contributed by atoms with Crippen molar-refractivity contribution in [3.05, 3.63) is 82.7 Å². The molecular weight excluding hydrogens is 403 g/mol. The monoisotopic (exact) mass is 426 g/mol. The molecule has 1 unspecified atom stereocenters. The molecule has 0 spiro atoms. The maximum Gasteiger partial charge on any atom is 0.297 e. The summed E-state index contributed by atoms with van der Waals surface area (Å²) >= 11 is 0. The summed E-state index contributed by atoms with van der Waals surface area (Å²) in [6.45, 7) is 5.69. The van der Waals surface area contributed by atoms with Crippen molar-refractivity contribution in [1.29, 1.82) is 0 Å². The van der Waals surface area contributed by atoms with Gasteiger partial charge in [-0.15, -0.1) is 0 Å². The summed E-state index contributed by atoms with van der Waals surface area (Å²) in [5, 5.41) is 0. The third-order valence-corrected chi connectivity index (χ3v) is 6.63. The maximum absolute atomic E-state index is 14.3. The van der Waals surface area contributed by atoms with Crippen LogP contribution in [-0.2, 0) is 20.7 Å². The van der Waals surface area contributed by atoms with Crippen LogP contribution >= 0.6 is 0 Å². The van der Waals surface area contributed by atoms with E-state index in [1.807, 2.05) is 39.0 Å². The van der Waals surface area contributed by atoms with E-state index in [1.54, 1.807) is 12.1 Å². The third kappa shape index (κ3) is 3.98. The summed E-state index contributed by atoms with van der Waals surface area (Å²) in [4.78, 5) is 0.103. The van der Waals surface area contributed by atoms with Crippen molar-refractivity contribution in [1.82, 2.24) is 0 Å². The zero-order chi connectivity index (χ0) is 21.5. The Hall–Kier alpha value is -2.70. The van der Waals surface area contributed by atoms with Crippen LogP contribution in [-0.4, -0.2) is 21.1 Å². The van der Waals surface area contributed by atoms with Crippen molar-refractivity contribution in [2.45, 2.75) is 38.2 Å². The van der Waals surface area contributed by atoms with Crippen LogP contribution in [0.3, 0.4) is 0 Å². The van der Waals surface area contributed by atoms with Crippen LogP contribution in [0.25, 0.3) is 11.1 Å². The Balaban J connectivity index is 1.57. The van der Waals surface area contributed by atoms with E-state index < -0.39 is 16.2 Å². The lowest BCUT2D eigenvalue weighted by molar-refractivity contribution is 0.152. The van der Waals surface area contributed by atoms with Gasteiger partial charge < -0.3 is 4.74 Å². The van der Waals surface area contributed by atoms with E-state index in [0.717, 1.165) is 22.3 Å². The number of aryl methyl sites for hydroxylation is 3. The number of fused-ring (bicyclic) bond motifs is 1. The molecule has 156 valence electrons. The van der Waals surface area contributed by atoms with Crippen LogP contribution in [0.1, 0.15) is 22.3 Å². The number of ether oxygens (including phenoxy) is 1. The highest BCUT2D eigenvalue weighted by molar-refractivity contribution is 7.86. The average Bonchev–Trinajstić information content (AvgIpc) is 3.09. The van der Waals surface area contributed by atoms with Crippen LogP contribution < -0.4 is 4.74 Å². The molecule has 3 aromatic carbocycles. The summed E-state index contributed by atoms with van der Waals surface area (Å²) in [7, 11) is -3.89. The second-order valence-electron chi connectivity index (χ2n) is 7.70. The number of hydrogen-bond donors (Lipinski definition) is 0. The smallest absolute Gasteiger partial charge is 0.297 e. The maximum atomic E-state index is 14.3. The topological polar surface area (TPSA) is 52.6 Å². The first-order valence-corrected chi connectivity index (χ1v) is 11.2. The molecule has 0 saturated heterocycles. The fraction of sp³-hybridized carbons (Fsp3) is 0.250. The molecule has 1 aliphatic heterocycles. The van der Waals surface area contributed by atoms with Gasteiger partial charge in [-0.1, -0.05) is 35.9 Å². The van der Waals surface area contributed by atoms with E-state index in [4.69, 9.17) is 8.92 Å². The number of hydrogen-bond acceptors (Lipinski definition) is 4. The minimum Gasteiger partial charge on any atom is -0.487 e. The molecule has 30 heavy (non-hydrogen) atoms. The zero-order valence-electron chi connectivity index (χ0n) is 17.1. The van der Waals surface area contributed by atoms with Crippen LogP contribution in [0.5, 0.6) is 5.75 Å². The van der Waals surface area contributed by atoms with Gasteiger partial charge in [-0.05, 0) is 61.7 Å². The molecule has 3 aromatic rings. The molecule has 0 N–H and O–H groups in total. The molecule has 6 heteroatoms. The fourth-order valence-electron chi connectivity index (χ4n) is 3.85. The van der Waals surface area contributed by atoms with Crippen molar-refractivity contribution in [2.75, 3.05) is 6.61 Å². The minimum absolute atomic E-state index is 0.103. The Labute approximate surface area is 176 Å². The number of halogens is 1. The van der Waals surface area contributed by atoms with Crippen LogP contribution in [0, 0.1) is 26.6 Å². The molecule has 0 amide bonds. The largest absolute Gasteiger partial charge is 0.487 e. The second-order valence-corrected chi connectivity index (χ2v) is 9.32. The first-order valence-electron chi connectivity index (χ1n) is 9.76. The molecule has 1 aliphatic rings. The SMILES string of the molecule is Cc1ccc(S(=O)(=O)OCC2Cc3cc(F)cc(-c4c(C)cccc4C)c3O2)cc1. The van der Waals surface area contributed by atoms with Gasteiger partial charge in [-0.2, -0.15) is 8.42 Å². The Morgan fingerprint density at radius 2 is 1.70 bits per heavy atom. The quantitative estimate of drug-likeness (QED) is 0.531. The average molecular weight is 427 g/mol. The van der Waals surface area contributed by atoms with Crippen LogP contribution in [0.4, 0.5) is 4.39 Å². The fourth-order valence-corrected chi connectivity index (χ4v) is 4.79. The zero-order valence-corrected chi connectivity index (χ0v) is 17.9. The summed E-state index contributed by atoms with van der Waals surface area (Å²) in [5.74, 6) is 0.249. The Bertz CT molecular complexity index is 1180. The predicted octanol–water partition coefficient (Wildman–Crippen LogP) is 5.13. The molecule has 0 radical (unpaired) electrons. The number of rotatable bonds is 5. The van der Waals surface area contributed by atoms with E-state index in [0.29, 0.717) is 23.3 Å². The second kappa shape index (κ2) is 7.85. The van der Waals surface area contributed by atoms with Crippen LogP contribution in [0.15, 0.2) is 59.5 Å². The van der Waals surface area contributed by atoms with E-state index in [1.165, 1.54) is 24.3 Å². The van der Waals surface area contributed by atoms with Gasteiger partial charge in [-0.3, -0.25) is 4.18 Å². The first-order chi connectivity index (χ1) is 14.2. The molecule has 0 aliphatic carbocycles. The van der Waals surface area contributed by atoms with Gasteiger partial charge in [0.25, 0.3) is 10.1 Å². The van der Waals surface area contributed by atoms with Crippen molar-refractivity contribution in [2.24, 2.45) is 0 Å². The van der Waals surface area contributed by atoms with Crippen molar-refractivity contribution >= 4 is 10.1 Å². The van der Waals surface area contributed by atoms with Gasteiger partial charge in [0.2, 0.25) is 0 Å². The minimum atomic E-state index is -3.89. The third-order valence-electron chi connectivity index (χ3n) is 5.33. The van der Waals surface area contributed by atoms with Crippen LogP contribution in [0.2, 0.25) is 0 Å². The van der Waals surface area contributed by atoms with Gasteiger partial charge in [0, 0.05) is 17.5 Å². The molecule has 0 bridgehead atoms. The first kappa shape index (κ1) is 20.6. The van der Waals surface area contributed by atoms with E-state index in [-0.39, 0.29) is 17.3 Å².